The van der Waals surface area contributed by atoms with E-state index < -0.39 is 0 Å². The molecule has 66 valence electrons. The molecule has 0 fully saturated rings. The van der Waals surface area contributed by atoms with E-state index in [1.807, 2.05) is 6.92 Å². The van der Waals surface area contributed by atoms with Crippen LogP contribution in [0.5, 0.6) is 0 Å². The maximum Gasteiger partial charge on any atom is 0.146 e. The third-order valence-corrected chi connectivity index (χ3v) is 2.46. The number of hydrogen-bond donors (Lipinski definition) is 0. The van der Waals surface area contributed by atoms with Gasteiger partial charge in [-0.05, 0) is 38.2 Å². The van der Waals surface area contributed by atoms with Gasteiger partial charge in [-0.1, -0.05) is 5.57 Å². The minimum absolute atomic E-state index is 0.175. The fourth-order valence-electron chi connectivity index (χ4n) is 1.79. The van der Waals surface area contributed by atoms with Crippen LogP contribution in [0, 0.1) is 5.92 Å². The van der Waals surface area contributed by atoms with Crippen molar-refractivity contribution in [1.29, 1.82) is 0 Å². The fourth-order valence-corrected chi connectivity index (χ4v) is 1.79. The van der Waals surface area contributed by atoms with Gasteiger partial charge in [0.05, 0.1) is 0 Å². The Bertz CT molecular complexity index is 238. The molecule has 0 spiro atoms. The standard InChI is InChI=1S/C10H14O2/c1-7-3-4-9(5-8(2)12)10(7)6-11/h6,9H,3-5H2,1-2H3. The Hall–Kier alpha value is -0.920. The molecule has 0 aromatic heterocycles. The molecule has 0 aromatic rings. The summed E-state index contributed by atoms with van der Waals surface area (Å²) < 4.78 is 0. The maximum atomic E-state index is 10.8. The third kappa shape index (κ3) is 1.81. The lowest BCUT2D eigenvalue weighted by atomic mass is 9.96. The van der Waals surface area contributed by atoms with Gasteiger partial charge in [0.15, 0.2) is 0 Å². The van der Waals surface area contributed by atoms with E-state index in [0.717, 1.165) is 30.3 Å². The molecule has 0 heterocycles. The van der Waals surface area contributed by atoms with E-state index in [1.165, 1.54) is 0 Å². The van der Waals surface area contributed by atoms with Crippen molar-refractivity contribution in [3.05, 3.63) is 11.1 Å². The van der Waals surface area contributed by atoms with Gasteiger partial charge in [0.2, 0.25) is 0 Å². The number of ketones is 1. The van der Waals surface area contributed by atoms with Gasteiger partial charge in [0.25, 0.3) is 0 Å². The highest BCUT2D eigenvalue weighted by molar-refractivity contribution is 5.81. The largest absolute Gasteiger partial charge is 0.300 e. The van der Waals surface area contributed by atoms with Crippen molar-refractivity contribution in [1.82, 2.24) is 0 Å². The maximum absolute atomic E-state index is 10.8. The normalized spacial score (nSPS) is 23.0. The lowest BCUT2D eigenvalue weighted by molar-refractivity contribution is -0.117. The lowest BCUT2D eigenvalue weighted by Crippen LogP contribution is -2.06. The topological polar surface area (TPSA) is 34.1 Å². The summed E-state index contributed by atoms with van der Waals surface area (Å²) in [5.41, 5.74) is 2.03. The number of hydrogen-bond acceptors (Lipinski definition) is 2. The summed E-state index contributed by atoms with van der Waals surface area (Å²) in [6.07, 6.45) is 3.40. The van der Waals surface area contributed by atoms with Crippen LogP contribution < -0.4 is 0 Å². The van der Waals surface area contributed by atoms with E-state index in [0.29, 0.717) is 6.42 Å². The van der Waals surface area contributed by atoms with Gasteiger partial charge in [-0.25, -0.2) is 0 Å². The van der Waals surface area contributed by atoms with Crippen LogP contribution in [0.3, 0.4) is 0 Å². The quantitative estimate of drug-likeness (QED) is 0.600. The molecule has 1 aliphatic rings. The molecular formula is C10H14O2. The molecule has 2 nitrogen and oxygen atoms in total. The van der Waals surface area contributed by atoms with Gasteiger partial charge in [0, 0.05) is 6.42 Å². The van der Waals surface area contributed by atoms with Crippen LogP contribution in [0.1, 0.15) is 33.1 Å². The van der Waals surface area contributed by atoms with Crippen LogP contribution in [0.2, 0.25) is 0 Å². The molecule has 0 aliphatic heterocycles. The monoisotopic (exact) mass is 166 g/mol. The molecule has 0 saturated carbocycles. The minimum atomic E-state index is 0.175. The van der Waals surface area contributed by atoms with Crippen molar-refractivity contribution in [3.63, 3.8) is 0 Å². The zero-order chi connectivity index (χ0) is 9.14. The Labute approximate surface area is 72.7 Å². The number of rotatable bonds is 3. The highest BCUT2D eigenvalue weighted by Gasteiger charge is 2.23. The number of aldehydes is 1. The summed E-state index contributed by atoms with van der Waals surface area (Å²) in [6, 6.07) is 0. The van der Waals surface area contributed by atoms with E-state index in [1.54, 1.807) is 6.92 Å². The molecule has 0 saturated heterocycles. The first-order valence-electron chi connectivity index (χ1n) is 4.29. The van der Waals surface area contributed by atoms with E-state index in [4.69, 9.17) is 0 Å². The molecular weight excluding hydrogens is 152 g/mol. The summed E-state index contributed by atoms with van der Waals surface area (Å²) in [6.45, 7) is 3.56. The summed E-state index contributed by atoms with van der Waals surface area (Å²) in [7, 11) is 0. The lowest BCUT2D eigenvalue weighted by Gasteiger charge is -2.07. The average molecular weight is 166 g/mol. The number of Topliss-reactive ketones (excluding diaryl/α,β-unsaturated/α-hetero) is 1. The van der Waals surface area contributed by atoms with Gasteiger partial charge in [-0.2, -0.15) is 0 Å². The third-order valence-electron chi connectivity index (χ3n) is 2.46. The predicted molar refractivity (Wildman–Crippen MR) is 46.8 cm³/mol. The van der Waals surface area contributed by atoms with Crippen LogP contribution in [0.25, 0.3) is 0 Å². The van der Waals surface area contributed by atoms with Gasteiger partial charge in [0.1, 0.15) is 12.1 Å². The second-order valence-corrected chi connectivity index (χ2v) is 3.50. The Morgan fingerprint density at radius 2 is 2.33 bits per heavy atom. The van der Waals surface area contributed by atoms with Crippen molar-refractivity contribution in [3.8, 4) is 0 Å². The summed E-state index contributed by atoms with van der Waals surface area (Å²) in [4.78, 5) is 21.5. The Morgan fingerprint density at radius 3 is 2.83 bits per heavy atom. The van der Waals surface area contributed by atoms with Crippen molar-refractivity contribution < 1.29 is 9.59 Å². The predicted octanol–water partition coefficient (Wildman–Crippen LogP) is 1.89. The van der Waals surface area contributed by atoms with Gasteiger partial charge in [-0.15, -0.1) is 0 Å². The number of allylic oxidation sites excluding steroid dienone is 2. The molecule has 12 heavy (non-hydrogen) atoms. The fraction of sp³-hybridized carbons (Fsp3) is 0.600. The Kier molecular flexibility index (Phi) is 2.79. The Balaban J connectivity index is 2.69. The second-order valence-electron chi connectivity index (χ2n) is 3.50. The van der Waals surface area contributed by atoms with E-state index in [-0.39, 0.29) is 11.7 Å². The first-order chi connectivity index (χ1) is 5.65. The van der Waals surface area contributed by atoms with Crippen LogP contribution in [-0.4, -0.2) is 12.1 Å². The molecule has 0 bridgehead atoms. The molecule has 1 atom stereocenters. The molecule has 1 unspecified atom stereocenters. The van der Waals surface area contributed by atoms with E-state index >= 15 is 0 Å². The van der Waals surface area contributed by atoms with E-state index in [9.17, 15) is 9.59 Å². The van der Waals surface area contributed by atoms with Gasteiger partial charge in [-0.3, -0.25) is 4.79 Å². The smallest absolute Gasteiger partial charge is 0.146 e. The highest BCUT2D eigenvalue weighted by atomic mass is 16.1. The summed E-state index contributed by atoms with van der Waals surface area (Å²) in [5, 5.41) is 0. The summed E-state index contributed by atoms with van der Waals surface area (Å²) >= 11 is 0. The molecule has 0 amide bonds. The molecule has 1 rings (SSSR count). The van der Waals surface area contributed by atoms with Crippen molar-refractivity contribution in [2.75, 3.05) is 0 Å². The first kappa shape index (κ1) is 9.17. The van der Waals surface area contributed by atoms with Gasteiger partial charge >= 0.3 is 0 Å². The Morgan fingerprint density at radius 1 is 1.67 bits per heavy atom. The molecule has 0 radical (unpaired) electrons. The van der Waals surface area contributed by atoms with Crippen LogP contribution >= 0.6 is 0 Å². The van der Waals surface area contributed by atoms with Crippen LogP contribution in [0.15, 0.2) is 11.1 Å². The van der Waals surface area contributed by atoms with Gasteiger partial charge < -0.3 is 4.79 Å². The zero-order valence-corrected chi connectivity index (χ0v) is 7.59. The van der Waals surface area contributed by atoms with E-state index in [2.05, 4.69) is 0 Å². The number of carbonyl (C=O) groups excluding carboxylic acids is 2. The first-order valence-corrected chi connectivity index (χ1v) is 4.29. The second kappa shape index (κ2) is 3.65. The molecule has 2 heteroatoms. The molecule has 1 aliphatic carbocycles. The molecule has 0 aromatic carbocycles. The minimum Gasteiger partial charge on any atom is -0.300 e. The number of carbonyl (C=O) groups is 2. The average Bonchev–Trinajstić information content (AvgIpc) is 2.30. The van der Waals surface area contributed by atoms with Crippen molar-refractivity contribution >= 4 is 12.1 Å². The SMILES string of the molecule is CC(=O)CC1CCC(C)=C1C=O. The zero-order valence-electron chi connectivity index (χ0n) is 7.59. The summed E-state index contributed by atoms with van der Waals surface area (Å²) in [5.74, 6) is 0.383. The molecule has 0 N–H and O–H groups in total. The van der Waals surface area contributed by atoms with Crippen molar-refractivity contribution in [2.24, 2.45) is 5.92 Å². The van der Waals surface area contributed by atoms with Crippen LogP contribution in [-0.2, 0) is 9.59 Å². The highest BCUT2D eigenvalue weighted by Crippen LogP contribution is 2.32. The van der Waals surface area contributed by atoms with Crippen LogP contribution in [0.4, 0.5) is 0 Å². The van der Waals surface area contributed by atoms with Crippen molar-refractivity contribution in [2.45, 2.75) is 33.1 Å².